The number of hydrogen-bond acceptors (Lipinski definition) is 3. The van der Waals surface area contributed by atoms with Crippen LogP contribution in [0.2, 0.25) is 5.02 Å². The fourth-order valence-electron chi connectivity index (χ4n) is 3.54. The number of hydrogen-bond donors (Lipinski definition) is 1. The van der Waals surface area contributed by atoms with E-state index in [9.17, 15) is 4.79 Å². The number of carbonyl (C=O) groups excluding carboxylic acids is 1. The largest absolute Gasteiger partial charge is 0.494 e. The minimum atomic E-state index is -0.0442. The number of amides is 1. The Morgan fingerprint density at radius 3 is 2.79 bits per heavy atom. The normalized spacial score (nSPS) is 15.8. The monoisotopic (exact) mass is 395 g/mol. The number of ether oxygens (including phenoxy) is 1. The highest BCUT2D eigenvalue weighted by molar-refractivity contribution is 6.31. The van der Waals surface area contributed by atoms with E-state index in [0.717, 1.165) is 34.5 Å². The van der Waals surface area contributed by atoms with Gasteiger partial charge in [0.25, 0.3) is 0 Å². The average Bonchev–Trinajstić information content (AvgIpc) is 3.12. The molecule has 6 heteroatoms. The van der Waals surface area contributed by atoms with Crippen molar-refractivity contribution < 1.29 is 9.53 Å². The van der Waals surface area contributed by atoms with Gasteiger partial charge in [0.15, 0.2) is 0 Å². The standard InChI is InChI=1S/C22H22ClN3O2/c1-3-11-28-16-9-7-15(8-10-16)17-12-21(27)25-22-18(17)13-24-26(22)20-6-4-5-19(23)14(20)2/h4-10,13,17H,3,11-12H2,1-2H3,(H,25,27)/t17-/m1/s1. The summed E-state index contributed by atoms with van der Waals surface area (Å²) >= 11 is 6.28. The first kappa shape index (κ1) is 18.6. The number of rotatable bonds is 5. The number of fused-ring (bicyclic) bond motifs is 1. The minimum absolute atomic E-state index is 0.0229. The molecule has 1 aromatic heterocycles. The molecule has 0 bridgehead atoms. The Labute approximate surface area is 169 Å². The highest BCUT2D eigenvalue weighted by Crippen LogP contribution is 2.39. The van der Waals surface area contributed by atoms with Gasteiger partial charge in [-0.25, -0.2) is 4.68 Å². The highest BCUT2D eigenvalue weighted by atomic mass is 35.5. The second kappa shape index (κ2) is 7.68. The van der Waals surface area contributed by atoms with Crippen molar-refractivity contribution in [1.82, 2.24) is 9.78 Å². The quantitative estimate of drug-likeness (QED) is 0.654. The molecule has 1 amide bonds. The Kier molecular flexibility index (Phi) is 5.09. The maximum absolute atomic E-state index is 12.4. The fourth-order valence-corrected chi connectivity index (χ4v) is 3.71. The molecule has 1 aliphatic rings. The molecule has 0 fully saturated rings. The second-order valence-electron chi connectivity index (χ2n) is 6.97. The van der Waals surface area contributed by atoms with Crippen LogP contribution >= 0.6 is 11.6 Å². The van der Waals surface area contributed by atoms with E-state index in [0.29, 0.717) is 23.9 Å². The van der Waals surface area contributed by atoms with Crippen molar-refractivity contribution in [3.8, 4) is 11.4 Å². The Hall–Kier alpha value is -2.79. The minimum Gasteiger partial charge on any atom is -0.494 e. The number of carbonyl (C=O) groups is 1. The first-order valence-electron chi connectivity index (χ1n) is 9.44. The van der Waals surface area contributed by atoms with Crippen LogP contribution in [0.4, 0.5) is 5.82 Å². The average molecular weight is 396 g/mol. The molecule has 28 heavy (non-hydrogen) atoms. The van der Waals surface area contributed by atoms with Crippen molar-refractivity contribution in [1.29, 1.82) is 0 Å². The SMILES string of the molecule is CCCOc1ccc([C@H]2CC(=O)Nc3c2cnn3-c2cccc(Cl)c2C)cc1. The van der Waals surface area contributed by atoms with Gasteiger partial charge in [0.2, 0.25) is 5.91 Å². The van der Waals surface area contributed by atoms with Crippen LogP contribution in [0.15, 0.2) is 48.7 Å². The summed E-state index contributed by atoms with van der Waals surface area (Å²) in [6.07, 6.45) is 3.19. The Bertz CT molecular complexity index is 1010. The van der Waals surface area contributed by atoms with Crippen LogP contribution in [0.1, 0.15) is 42.4 Å². The van der Waals surface area contributed by atoms with Crippen molar-refractivity contribution in [2.24, 2.45) is 0 Å². The van der Waals surface area contributed by atoms with E-state index in [1.807, 2.05) is 55.6 Å². The summed E-state index contributed by atoms with van der Waals surface area (Å²) in [5.74, 6) is 1.48. The zero-order valence-electron chi connectivity index (χ0n) is 15.9. The lowest BCUT2D eigenvalue weighted by Crippen LogP contribution is -2.24. The molecule has 0 spiro atoms. The van der Waals surface area contributed by atoms with Gasteiger partial charge in [0.1, 0.15) is 11.6 Å². The molecular weight excluding hydrogens is 374 g/mol. The van der Waals surface area contributed by atoms with Crippen LogP contribution in [-0.4, -0.2) is 22.3 Å². The molecule has 0 saturated carbocycles. The zero-order valence-corrected chi connectivity index (χ0v) is 16.7. The molecule has 144 valence electrons. The maximum atomic E-state index is 12.4. The summed E-state index contributed by atoms with van der Waals surface area (Å²) in [5, 5.41) is 8.21. The lowest BCUT2D eigenvalue weighted by atomic mass is 9.87. The molecule has 0 aliphatic carbocycles. The van der Waals surface area contributed by atoms with Gasteiger partial charge in [-0.2, -0.15) is 5.10 Å². The molecule has 1 atom stereocenters. The van der Waals surface area contributed by atoms with Crippen LogP contribution < -0.4 is 10.1 Å². The first-order chi connectivity index (χ1) is 13.6. The van der Waals surface area contributed by atoms with Gasteiger partial charge < -0.3 is 10.1 Å². The zero-order chi connectivity index (χ0) is 19.7. The van der Waals surface area contributed by atoms with Crippen molar-refractivity contribution >= 4 is 23.3 Å². The van der Waals surface area contributed by atoms with Gasteiger partial charge in [-0.15, -0.1) is 0 Å². The second-order valence-corrected chi connectivity index (χ2v) is 7.37. The van der Waals surface area contributed by atoms with Gasteiger partial charge in [-0.1, -0.05) is 36.7 Å². The van der Waals surface area contributed by atoms with Crippen LogP contribution in [0.5, 0.6) is 5.75 Å². The third-order valence-electron chi connectivity index (χ3n) is 5.04. The topological polar surface area (TPSA) is 56.1 Å². The van der Waals surface area contributed by atoms with Crippen molar-refractivity contribution in [2.45, 2.75) is 32.6 Å². The third-order valence-corrected chi connectivity index (χ3v) is 5.45. The first-order valence-corrected chi connectivity index (χ1v) is 9.82. The van der Waals surface area contributed by atoms with E-state index >= 15 is 0 Å². The van der Waals surface area contributed by atoms with Gasteiger partial charge in [-0.3, -0.25) is 4.79 Å². The number of aromatic nitrogens is 2. The summed E-state index contributed by atoms with van der Waals surface area (Å²) in [6.45, 7) is 4.72. The van der Waals surface area contributed by atoms with Crippen molar-refractivity contribution in [3.63, 3.8) is 0 Å². The summed E-state index contributed by atoms with van der Waals surface area (Å²) in [4.78, 5) is 12.4. The molecule has 1 N–H and O–H groups in total. The molecule has 3 aromatic rings. The molecule has 2 aromatic carbocycles. The predicted octanol–water partition coefficient (Wildman–Crippen LogP) is 5.10. The Balaban J connectivity index is 1.71. The lowest BCUT2D eigenvalue weighted by molar-refractivity contribution is -0.116. The van der Waals surface area contributed by atoms with Crippen molar-refractivity contribution in [2.75, 3.05) is 11.9 Å². The molecule has 2 heterocycles. The maximum Gasteiger partial charge on any atom is 0.226 e. The lowest BCUT2D eigenvalue weighted by Gasteiger charge is -2.24. The van der Waals surface area contributed by atoms with Crippen molar-refractivity contribution in [3.05, 3.63) is 70.4 Å². The summed E-state index contributed by atoms with van der Waals surface area (Å²) in [5.41, 5.74) is 3.85. The van der Waals surface area contributed by atoms with Crippen LogP contribution in [0.3, 0.4) is 0 Å². The van der Waals surface area contributed by atoms with Crippen LogP contribution in [-0.2, 0) is 4.79 Å². The summed E-state index contributed by atoms with van der Waals surface area (Å²) in [6, 6.07) is 13.7. The molecule has 0 radical (unpaired) electrons. The van der Waals surface area contributed by atoms with Gasteiger partial charge in [0, 0.05) is 22.9 Å². The molecule has 1 aliphatic heterocycles. The number of anilines is 1. The smallest absolute Gasteiger partial charge is 0.226 e. The van der Waals surface area contributed by atoms with E-state index < -0.39 is 0 Å². The van der Waals surface area contributed by atoms with Gasteiger partial charge in [0.05, 0.1) is 18.5 Å². The molecule has 5 nitrogen and oxygen atoms in total. The summed E-state index contributed by atoms with van der Waals surface area (Å²) < 4.78 is 7.43. The van der Waals surface area contributed by atoms with Crippen LogP contribution in [0, 0.1) is 6.92 Å². The number of halogens is 1. The number of nitrogens with zero attached hydrogens (tertiary/aromatic N) is 2. The Morgan fingerprint density at radius 1 is 1.25 bits per heavy atom. The number of benzene rings is 2. The van der Waals surface area contributed by atoms with E-state index in [-0.39, 0.29) is 11.8 Å². The van der Waals surface area contributed by atoms with Gasteiger partial charge >= 0.3 is 0 Å². The van der Waals surface area contributed by atoms with E-state index in [4.69, 9.17) is 16.3 Å². The summed E-state index contributed by atoms with van der Waals surface area (Å²) in [7, 11) is 0. The molecule has 0 saturated heterocycles. The Morgan fingerprint density at radius 2 is 2.04 bits per heavy atom. The fraction of sp³-hybridized carbons (Fsp3) is 0.273. The van der Waals surface area contributed by atoms with E-state index in [1.165, 1.54) is 0 Å². The van der Waals surface area contributed by atoms with E-state index in [2.05, 4.69) is 17.3 Å². The molecular formula is C22H22ClN3O2. The van der Waals surface area contributed by atoms with Gasteiger partial charge in [-0.05, 0) is 48.7 Å². The van der Waals surface area contributed by atoms with Crippen LogP contribution in [0.25, 0.3) is 5.69 Å². The number of nitrogens with one attached hydrogen (secondary N) is 1. The predicted molar refractivity (Wildman–Crippen MR) is 111 cm³/mol. The highest BCUT2D eigenvalue weighted by Gasteiger charge is 2.30. The molecule has 4 rings (SSSR count). The third kappa shape index (κ3) is 3.38. The van der Waals surface area contributed by atoms with E-state index in [1.54, 1.807) is 4.68 Å². The molecule has 0 unspecified atom stereocenters.